The highest BCUT2D eigenvalue weighted by Crippen LogP contribution is 2.23. The van der Waals surface area contributed by atoms with E-state index in [9.17, 15) is 28.8 Å². The van der Waals surface area contributed by atoms with Gasteiger partial charge in [-0.25, -0.2) is 4.98 Å². The van der Waals surface area contributed by atoms with Gasteiger partial charge in [-0.1, -0.05) is 44.2 Å². The van der Waals surface area contributed by atoms with Gasteiger partial charge in [-0.3, -0.25) is 28.8 Å². The highest BCUT2D eigenvalue weighted by atomic mass is 32.1. The van der Waals surface area contributed by atoms with Gasteiger partial charge >= 0.3 is 0 Å². The van der Waals surface area contributed by atoms with Gasteiger partial charge in [0.1, 0.15) is 40.3 Å². The summed E-state index contributed by atoms with van der Waals surface area (Å²) in [5.41, 5.74) is 1.26. The Kier molecular flexibility index (Phi) is 12.5. The first-order chi connectivity index (χ1) is 23.6. The van der Waals surface area contributed by atoms with Crippen molar-refractivity contribution in [3.8, 4) is 0 Å². The highest BCUT2D eigenvalue weighted by Gasteiger charge is 2.31. The van der Waals surface area contributed by atoms with E-state index >= 15 is 0 Å². The second-order valence-electron chi connectivity index (χ2n) is 12.8. The first-order valence-electron chi connectivity index (χ1n) is 16.5. The van der Waals surface area contributed by atoms with Gasteiger partial charge in [0.25, 0.3) is 11.8 Å². The first kappa shape index (κ1) is 37.8. The third-order valence-corrected chi connectivity index (χ3v) is 9.32. The van der Waals surface area contributed by atoms with Crippen LogP contribution in [0.5, 0.6) is 0 Å². The predicted molar refractivity (Wildman–Crippen MR) is 186 cm³/mol. The number of fused-ring (bicyclic) bond motifs is 2. The molecule has 3 heterocycles. The zero-order valence-corrected chi connectivity index (χ0v) is 30.2. The molecule has 2 bridgehead atoms. The average Bonchev–Trinajstić information content (AvgIpc) is 3.70. The molecule has 0 fully saturated rings. The second kappa shape index (κ2) is 16.6. The number of likely N-dealkylation sites (N-methyl/N-ethyl adjacent to an activating group) is 1. The minimum atomic E-state index is -1.02. The summed E-state index contributed by atoms with van der Waals surface area (Å²) in [7, 11) is 1.54. The molecular formula is C35H45N7O7S. The number of aromatic nitrogens is 1. The van der Waals surface area contributed by atoms with E-state index in [-0.39, 0.29) is 31.2 Å². The van der Waals surface area contributed by atoms with Gasteiger partial charge in [0, 0.05) is 25.5 Å². The van der Waals surface area contributed by atoms with Crippen LogP contribution in [0.4, 0.5) is 0 Å². The van der Waals surface area contributed by atoms with E-state index in [0.717, 1.165) is 5.56 Å². The number of carbonyl (C=O) groups excluding carboxylic acids is 6. The fraction of sp³-hybridized carbons (Fsp3) is 0.457. The SMILES string of the molecule is Cc1cc(C(=O)N2CCN(C)C(=O)[C@@H](C)NC(=O)[C@H](C(C)C)NC(=O)[C@H](C)NC(=O)c3csc(n3)[C@H](Cc3ccccc3)NC(=O)C2)c(C)o1. The highest BCUT2D eigenvalue weighted by molar-refractivity contribution is 7.09. The number of hydrogen-bond acceptors (Lipinski definition) is 9. The number of rotatable bonds is 4. The van der Waals surface area contributed by atoms with E-state index < -0.39 is 59.6 Å². The Morgan fingerprint density at radius 3 is 2.30 bits per heavy atom. The molecule has 2 aromatic heterocycles. The van der Waals surface area contributed by atoms with Crippen molar-refractivity contribution in [2.24, 2.45) is 5.92 Å². The number of carbonyl (C=O) groups is 6. The minimum Gasteiger partial charge on any atom is -0.466 e. The largest absolute Gasteiger partial charge is 0.466 e. The Bertz CT molecular complexity index is 1720. The van der Waals surface area contributed by atoms with Crippen molar-refractivity contribution < 1.29 is 33.2 Å². The lowest BCUT2D eigenvalue weighted by atomic mass is 10.0. The zero-order chi connectivity index (χ0) is 36.7. The van der Waals surface area contributed by atoms with Crippen LogP contribution >= 0.6 is 11.3 Å². The molecule has 0 aliphatic carbocycles. The number of benzene rings is 1. The van der Waals surface area contributed by atoms with E-state index in [4.69, 9.17) is 4.42 Å². The van der Waals surface area contributed by atoms with Crippen LogP contribution in [0.1, 0.15) is 76.7 Å². The molecule has 6 amide bonds. The molecule has 4 N–H and O–H groups in total. The maximum absolute atomic E-state index is 13.8. The summed E-state index contributed by atoms with van der Waals surface area (Å²) in [5.74, 6) is -2.55. The standard InChI is InChI=1S/C35H45N7O7S/c1-19(2)29-32(46)37-22(5)34(47)41(7)13-14-42(35(48)25-15-20(3)49-23(25)6)17-28(43)38-26(16-24-11-9-8-10-12-24)33-39-27(18-50-33)31(45)36-21(4)30(44)40-29/h8-12,15,18-19,21-22,26,29H,13-14,16-17H2,1-7H3,(H,36,45)(H,37,46)(H,38,43)(H,40,44)/t21-,22+,26-,29-/m0/s1. The van der Waals surface area contributed by atoms with Crippen molar-refractivity contribution in [1.29, 1.82) is 0 Å². The van der Waals surface area contributed by atoms with Crippen molar-refractivity contribution in [3.63, 3.8) is 0 Å². The Morgan fingerprint density at radius 2 is 1.66 bits per heavy atom. The van der Waals surface area contributed by atoms with E-state index in [1.807, 2.05) is 30.3 Å². The number of thiazole rings is 1. The summed E-state index contributed by atoms with van der Waals surface area (Å²) in [6.45, 7) is 9.59. The number of nitrogens with zero attached hydrogens (tertiary/aromatic N) is 3. The van der Waals surface area contributed by atoms with Crippen LogP contribution in [0.3, 0.4) is 0 Å². The Morgan fingerprint density at radius 1 is 0.960 bits per heavy atom. The first-order valence-corrected chi connectivity index (χ1v) is 17.3. The summed E-state index contributed by atoms with van der Waals surface area (Å²) in [5, 5.41) is 13.0. The molecule has 1 aliphatic heterocycles. The Balaban J connectivity index is 1.70. The summed E-state index contributed by atoms with van der Waals surface area (Å²) in [4.78, 5) is 87.7. The molecule has 268 valence electrons. The predicted octanol–water partition coefficient (Wildman–Crippen LogP) is 2.13. The van der Waals surface area contributed by atoms with Crippen molar-refractivity contribution in [3.05, 3.63) is 75.1 Å². The van der Waals surface area contributed by atoms with Crippen LogP contribution in [0.25, 0.3) is 0 Å². The summed E-state index contributed by atoms with van der Waals surface area (Å²) >= 11 is 1.18. The summed E-state index contributed by atoms with van der Waals surface area (Å²) in [6.07, 6.45) is 0.348. The summed E-state index contributed by atoms with van der Waals surface area (Å²) < 4.78 is 5.59. The van der Waals surface area contributed by atoms with Crippen LogP contribution in [-0.2, 0) is 25.6 Å². The second-order valence-corrected chi connectivity index (χ2v) is 13.7. The molecule has 0 saturated heterocycles. The molecule has 4 atom stereocenters. The van der Waals surface area contributed by atoms with Crippen molar-refractivity contribution in [1.82, 2.24) is 36.1 Å². The summed E-state index contributed by atoms with van der Waals surface area (Å²) in [6, 6.07) is 7.40. The van der Waals surface area contributed by atoms with Gasteiger partial charge in [0.15, 0.2) is 0 Å². The van der Waals surface area contributed by atoms with Crippen molar-refractivity contribution in [2.45, 2.75) is 72.1 Å². The van der Waals surface area contributed by atoms with Gasteiger partial charge in [0.05, 0.1) is 18.2 Å². The Labute approximate surface area is 295 Å². The molecule has 0 unspecified atom stereocenters. The van der Waals surface area contributed by atoms with E-state index in [0.29, 0.717) is 28.5 Å². The third-order valence-electron chi connectivity index (χ3n) is 8.36. The average molecular weight is 708 g/mol. The van der Waals surface area contributed by atoms with E-state index in [1.54, 1.807) is 46.2 Å². The number of nitrogens with one attached hydrogen (secondary N) is 4. The normalized spacial score (nSPS) is 22.0. The molecule has 1 aromatic carbocycles. The van der Waals surface area contributed by atoms with Crippen molar-refractivity contribution in [2.75, 3.05) is 26.7 Å². The quantitative estimate of drug-likeness (QED) is 0.318. The molecule has 14 nitrogen and oxygen atoms in total. The van der Waals surface area contributed by atoms with Gasteiger partial charge in [-0.2, -0.15) is 0 Å². The smallest absolute Gasteiger partial charge is 0.271 e. The monoisotopic (exact) mass is 707 g/mol. The molecule has 0 radical (unpaired) electrons. The fourth-order valence-corrected chi connectivity index (χ4v) is 6.36. The molecule has 1 aliphatic rings. The molecule has 15 heteroatoms. The van der Waals surface area contributed by atoms with Crippen LogP contribution in [-0.4, -0.2) is 95.0 Å². The maximum atomic E-state index is 13.8. The molecule has 50 heavy (non-hydrogen) atoms. The van der Waals surface area contributed by atoms with Gasteiger partial charge < -0.3 is 35.5 Å². The number of furan rings is 1. The van der Waals surface area contributed by atoms with Gasteiger partial charge in [0.2, 0.25) is 23.6 Å². The number of amides is 6. The lowest BCUT2D eigenvalue weighted by Gasteiger charge is -2.29. The van der Waals surface area contributed by atoms with Gasteiger partial charge in [-0.05, 0) is 51.7 Å². The maximum Gasteiger partial charge on any atom is 0.271 e. The van der Waals surface area contributed by atoms with E-state index in [2.05, 4.69) is 26.3 Å². The molecule has 0 spiro atoms. The third kappa shape index (κ3) is 9.55. The molecule has 4 rings (SSSR count). The lowest BCUT2D eigenvalue weighted by molar-refractivity contribution is -0.136. The topological polar surface area (TPSA) is 183 Å². The molecule has 3 aromatic rings. The zero-order valence-electron chi connectivity index (χ0n) is 29.4. The van der Waals surface area contributed by atoms with Crippen LogP contribution in [0, 0.1) is 19.8 Å². The van der Waals surface area contributed by atoms with Crippen LogP contribution < -0.4 is 21.3 Å². The van der Waals surface area contributed by atoms with E-state index in [1.165, 1.54) is 35.0 Å². The lowest BCUT2D eigenvalue weighted by Crippen LogP contribution is -2.57. The van der Waals surface area contributed by atoms with Crippen molar-refractivity contribution >= 4 is 46.8 Å². The van der Waals surface area contributed by atoms with Crippen LogP contribution in [0.15, 0.2) is 46.2 Å². The Hall–Kier alpha value is -5.05. The number of aryl methyl sites for hydroxylation is 2. The van der Waals surface area contributed by atoms with Gasteiger partial charge in [-0.15, -0.1) is 11.3 Å². The molecule has 0 saturated carbocycles. The number of hydrogen-bond donors (Lipinski definition) is 4. The minimum absolute atomic E-state index is 0.00762. The fourth-order valence-electron chi connectivity index (χ4n) is 5.51. The van der Waals surface area contributed by atoms with Crippen LogP contribution in [0.2, 0.25) is 0 Å². The molecular weight excluding hydrogens is 662 g/mol.